The molecule has 3 rings (SSSR count). The van der Waals surface area contributed by atoms with E-state index in [2.05, 4.69) is 29.6 Å². The maximum Gasteiger partial charge on any atom is 0.119 e. The molecule has 0 aliphatic carbocycles. The van der Waals surface area contributed by atoms with Crippen molar-refractivity contribution in [1.82, 2.24) is 5.32 Å². The summed E-state index contributed by atoms with van der Waals surface area (Å²) in [4.78, 5) is 0.749. The molecule has 0 bridgehead atoms. The third-order valence-electron chi connectivity index (χ3n) is 4.01. The zero-order chi connectivity index (χ0) is 18.2. The maximum atomic E-state index is 6.14. The fourth-order valence-corrected chi connectivity index (χ4v) is 2.97. The molecule has 0 amide bonds. The van der Waals surface area contributed by atoms with Gasteiger partial charge in [-0.1, -0.05) is 72.3 Å². The van der Waals surface area contributed by atoms with Crippen LogP contribution >= 0.6 is 23.8 Å². The summed E-state index contributed by atoms with van der Waals surface area (Å²) in [5.74, 6) is 0.792. The van der Waals surface area contributed by atoms with Gasteiger partial charge in [0.15, 0.2) is 0 Å². The molecule has 0 saturated carbocycles. The SMILES string of the molecule is S=C(NCCc1ccccc1)c1ccc(OCc2ccccc2Cl)cc1. The van der Waals surface area contributed by atoms with Gasteiger partial charge >= 0.3 is 0 Å². The van der Waals surface area contributed by atoms with Gasteiger partial charge in [-0.3, -0.25) is 0 Å². The average molecular weight is 382 g/mol. The van der Waals surface area contributed by atoms with E-state index in [1.807, 2.05) is 54.6 Å². The number of thiocarbonyl (C=S) groups is 1. The Balaban J connectivity index is 1.49. The van der Waals surface area contributed by atoms with E-state index in [0.29, 0.717) is 11.6 Å². The van der Waals surface area contributed by atoms with E-state index in [4.69, 9.17) is 28.6 Å². The maximum absolute atomic E-state index is 6.14. The Morgan fingerprint density at radius 1 is 0.885 bits per heavy atom. The second-order valence-corrected chi connectivity index (χ2v) is 6.71. The molecule has 1 N–H and O–H groups in total. The zero-order valence-corrected chi connectivity index (χ0v) is 15.9. The van der Waals surface area contributed by atoms with Crippen molar-refractivity contribution in [2.45, 2.75) is 13.0 Å². The lowest BCUT2D eigenvalue weighted by molar-refractivity contribution is 0.306. The van der Waals surface area contributed by atoms with Crippen molar-refractivity contribution in [3.63, 3.8) is 0 Å². The number of halogens is 1. The lowest BCUT2D eigenvalue weighted by Crippen LogP contribution is -2.24. The minimum atomic E-state index is 0.443. The number of benzene rings is 3. The van der Waals surface area contributed by atoms with E-state index in [1.54, 1.807) is 0 Å². The van der Waals surface area contributed by atoms with E-state index >= 15 is 0 Å². The van der Waals surface area contributed by atoms with Gasteiger partial charge in [0, 0.05) is 22.7 Å². The first-order valence-corrected chi connectivity index (χ1v) is 9.29. The quantitative estimate of drug-likeness (QED) is 0.551. The van der Waals surface area contributed by atoms with Crippen LogP contribution in [0.2, 0.25) is 5.02 Å². The summed E-state index contributed by atoms with van der Waals surface area (Å²) >= 11 is 11.6. The van der Waals surface area contributed by atoms with Gasteiger partial charge in [0.2, 0.25) is 0 Å². The number of hydrogen-bond donors (Lipinski definition) is 1. The molecule has 4 heteroatoms. The summed E-state index contributed by atoms with van der Waals surface area (Å²) in [5, 5.41) is 4.02. The van der Waals surface area contributed by atoms with E-state index in [9.17, 15) is 0 Å². The van der Waals surface area contributed by atoms with Crippen molar-refractivity contribution in [3.05, 3.63) is 101 Å². The summed E-state index contributed by atoms with van der Waals surface area (Å²) in [6.07, 6.45) is 0.944. The fourth-order valence-electron chi connectivity index (χ4n) is 2.55. The molecular weight excluding hydrogens is 362 g/mol. The van der Waals surface area contributed by atoms with Crippen LogP contribution in [0, 0.1) is 0 Å². The predicted molar refractivity (Wildman–Crippen MR) is 112 cm³/mol. The van der Waals surface area contributed by atoms with E-state index in [1.165, 1.54) is 5.56 Å². The summed E-state index contributed by atoms with van der Waals surface area (Å²) in [7, 11) is 0. The van der Waals surface area contributed by atoms with Crippen molar-refractivity contribution in [1.29, 1.82) is 0 Å². The molecule has 0 fully saturated rings. The minimum Gasteiger partial charge on any atom is -0.489 e. The topological polar surface area (TPSA) is 21.3 Å². The van der Waals surface area contributed by atoms with Crippen molar-refractivity contribution < 1.29 is 4.74 Å². The highest BCUT2D eigenvalue weighted by Crippen LogP contribution is 2.19. The first-order chi connectivity index (χ1) is 12.7. The number of hydrogen-bond acceptors (Lipinski definition) is 2. The Bertz CT molecular complexity index is 850. The highest BCUT2D eigenvalue weighted by atomic mass is 35.5. The second kappa shape index (κ2) is 9.37. The molecule has 0 saturated heterocycles. The van der Waals surface area contributed by atoms with E-state index < -0.39 is 0 Å². The summed E-state index contributed by atoms with van der Waals surface area (Å²) in [5.41, 5.74) is 3.25. The van der Waals surface area contributed by atoms with Crippen molar-refractivity contribution in [2.24, 2.45) is 0 Å². The first-order valence-electron chi connectivity index (χ1n) is 8.51. The van der Waals surface area contributed by atoms with Crippen LogP contribution in [0.3, 0.4) is 0 Å². The number of ether oxygens (including phenoxy) is 1. The molecule has 3 aromatic rings. The standard InChI is InChI=1S/C22H20ClNOS/c23-21-9-5-4-8-19(21)16-25-20-12-10-18(11-13-20)22(26)24-15-14-17-6-2-1-3-7-17/h1-13H,14-16H2,(H,24,26). The van der Waals surface area contributed by atoms with Crippen LogP contribution < -0.4 is 10.1 Å². The second-order valence-electron chi connectivity index (χ2n) is 5.90. The van der Waals surface area contributed by atoms with Crippen molar-refractivity contribution in [2.75, 3.05) is 6.54 Å². The summed E-state index contributed by atoms with van der Waals surface area (Å²) < 4.78 is 5.80. The summed E-state index contributed by atoms with van der Waals surface area (Å²) in [6.45, 7) is 1.26. The van der Waals surface area contributed by atoms with Crippen LogP contribution in [0.15, 0.2) is 78.9 Å². The Kier molecular flexibility index (Phi) is 6.64. The smallest absolute Gasteiger partial charge is 0.119 e. The van der Waals surface area contributed by atoms with Crippen molar-refractivity contribution in [3.8, 4) is 5.75 Å². The summed E-state index contributed by atoms with van der Waals surface area (Å²) in [6, 6.07) is 25.9. The van der Waals surface area contributed by atoms with Gasteiger partial charge in [-0.15, -0.1) is 0 Å². The van der Waals surface area contributed by atoms with Crippen LogP contribution in [-0.2, 0) is 13.0 Å². The molecule has 0 radical (unpaired) electrons. The average Bonchev–Trinajstić information content (AvgIpc) is 2.68. The molecular formula is C22H20ClNOS. The van der Waals surface area contributed by atoms with Gasteiger partial charge in [-0.25, -0.2) is 0 Å². The Labute approximate surface area is 164 Å². The monoisotopic (exact) mass is 381 g/mol. The van der Waals surface area contributed by atoms with E-state index in [0.717, 1.165) is 34.8 Å². The third-order valence-corrected chi connectivity index (χ3v) is 4.76. The van der Waals surface area contributed by atoms with E-state index in [-0.39, 0.29) is 0 Å². The van der Waals surface area contributed by atoms with Crippen LogP contribution in [0.1, 0.15) is 16.7 Å². The molecule has 0 aliphatic rings. The zero-order valence-electron chi connectivity index (χ0n) is 14.3. The number of nitrogens with one attached hydrogen (secondary N) is 1. The van der Waals surface area contributed by atoms with Gasteiger partial charge in [0.05, 0.1) is 0 Å². The highest BCUT2D eigenvalue weighted by molar-refractivity contribution is 7.80. The predicted octanol–water partition coefficient (Wildman–Crippen LogP) is 5.43. The molecule has 2 nitrogen and oxygen atoms in total. The Morgan fingerprint density at radius 2 is 1.58 bits per heavy atom. The molecule has 0 heterocycles. The molecule has 3 aromatic carbocycles. The molecule has 0 spiro atoms. The largest absolute Gasteiger partial charge is 0.489 e. The Morgan fingerprint density at radius 3 is 2.31 bits per heavy atom. The van der Waals surface area contributed by atoms with Gasteiger partial charge < -0.3 is 10.1 Å². The highest BCUT2D eigenvalue weighted by Gasteiger charge is 2.03. The minimum absolute atomic E-state index is 0.443. The van der Waals surface area contributed by atoms with Crippen molar-refractivity contribution >= 4 is 28.8 Å². The van der Waals surface area contributed by atoms with Crippen LogP contribution in [-0.4, -0.2) is 11.5 Å². The lowest BCUT2D eigenvalue weighted by Gasteiger charge is -2.10. The fraction of sp³-hybridized carbons (Fsp3) is 0.136. The van der Waals surface area contributed by atoms with Crippen LogP contribution in [0.4, 0.5) is 0 Å². The third kappa shape index (κ3) is 5.32. The van der Waals surface area contributed by atoms with Gasteiger partial charge in [0.25, 0.3) is 0 Å². The normalized spacial score (nSPS) is 10.3. The molecule has 132 valence electrons. The lowest BCUT2D eigenvalue weighted by atomic mass is 10.1. The molecule has 0 aromatic heterocycles. The van der Waals surface area contributed by atoms with Crippen LogP contribution in [0.25, 0.3) is 0 Å². The van der Waals surface area contributed by atoms with Gasteiger partial charge in [0.1, 0.15) is 17.3 Å². The van der Waals surface area contributed by atoms with Crippen LogP contribution in [0.5, 0.6) is 5.75 Å². The molecule has 26 heavy (non-hydrogen) atoms. The Hall–Kier alpha value is -2.36. The molecule has 0 atom stereocenters. The molecule has 0 aliphatic heterocycles. The first kappa shape index (κ1) is 18.4. The van der Waals surface area contributed by atoms with Gasteiger partial charge in [-0.05, 0) is 42.3 Å². The number of rotatable bonds is 7. The molecule has 0 unspecified atom stereocenters. The van der Waals surface area contributed by atoms with Gasteiger partial charge in [-0.2, -0.15) is 0 Å².